The van der Waals surface area contributed by atoms with Crippen LogP contribution < -0.4 is 5.32 Å². The van der Waals surface area contributed by atoms with Crippen LogP contribution in [0, 0.1) is 0 Å². The Labute approximate surface area is 115 Å². The van der Waals surface area contributed by atoms with Gasteiger partial charge in [0.2, 0.25) is 0 Å². The molecule has 0 spiro atoms. The fourth-order valence-corrected chi connectivity index (χ4v) is 1.99. The predicted octanol–water partition coefficient (Wildman–Crippen LogP) is 0.455. The lowest BCUT2D eigenvalue weighted by molar-refractivity contribution is 0.0384. The van der Waals surface area contributed by atoms with Crippen molar-refractivity contribution in [3.05, 3.63) is 11.9 Å². The van der Waals surface area contributed by atoms with Gasteiger partial charge in [0.15, 0.2) is 0 Å². The molecule has 1 fully saturated rings. The van der Waals surface area contributed by atoms with E-state index in [9.17, 15) is 0 Å². The van der Waals surface area contributed by atoms with Gasteiger partial charge in [0.1, 0.15) is 0 Å². The second-order valence-electron chi connectivity index (χ2n) is 5.96. The summed E-state index contributed by atoms with van der Waals surface area (Å²) in [5.74, 6) is 0. The lowest BCUT2D eigenvalue weighted by Crippen LogP contribution is -2.40. The molecule has 2 rings (SSSR count). The Morgan fingerprint density at radius 2 is 2.05 bits per heavy atom. The van der Waals surface area contributed by atoms with Gasteiger partial charge in [0.05, 0.1) is 30.6 Å². The Bertz CT molecular complexity index is 379. The minimum absolute atomic E-state index is 0.000941. The van der Waals surface area contributed by atoms with Crippen LogP contribution in [0.15, 0.2) is 6.20 Å². The molecular formula is C13H25N5O. The van der Waals surface area contributed by atoms with Crippen molar-refractivity contribution in [3.63, 3.8) is 0 Å². The molecule has 0 aromatic carbocycles. The van der Waals surface area contributed by atoms with Crippen molar-refractivity contribution in [1.29, 1.82) is 0 Å². The molecule has 1 aromatic rings. The van der Waals surface area contributed by atoms with E-state index < -0.39 is 0 Å². The first-order valence-corrected chi connectivity index (χ1v) is 6.98. The Morgan fingerprint density at radius 3 is 2.68 bits per heavy atom. The molecule has 0 saturated carbocycles. The Hall–Kier alpha value is -0.980. The highest BCUT2D eigenvalue weighted by atomic mass is 16.5. The SMILES string of the molecule is CC(C)(C)n1cc(CNCCN2CCOCC2)nn1. The van der Waals surface area contributed by atoms with Crippen LogP contribution in [-0.2, 0) is 16.8 Å². The molecule has 6 nitrogen and oxygen atoms in total. The molecule has 0 aliphatic carbocycles. The zero-order valence-corrected chi connectivity index (χ0v) is 12.2. The third-order valence-corrected chi connectivity index (χ3v) is 3.24. The highest BCUT2D eigenvalue weighted by Crippen LogP contribution is 2.11. The monoisotopic (exact) mass is 267 g/mol. The molecule has 2 heterocycles. The maximum atomic E-state index is 5.33. The summed E-state index contributed by atoms with van der Waals surface area (Å²) in [5.41, 5.74) is 0.996. The van der Waals surface area contributed by atoms with Gasteiger partial charge in [-0.3, -0.25) is 4.90 Å². The van der Waals surface area contributed by atoms with E-state index in [1.807, 2.05) is 10.9 Å². The number of nitrogens with zero attached hydrogens (tertiary/aromatic N) is 4. The van der Waals surface area contributed by atoms with Crippen molar-refractivity contribution in [2.75, 3.05) is 39.4 Å². The van der Waals surface area contributed by atoms with Crippen molar-refractivity contribution in [3.8, 4) is 0 Å². The van der Waals surface area contributed by atoms with Crippen molar-refractivity contribution in [1.82, 2.24) is 25.2 Å². The number of hydrogen-bond donors (Lipinski definition) is 1. The molecule has 6 heteroatoms. The van der Waals surface area contributed by atoms with Crippen LogP contribution in [0.25, 0.3) is 0 Å². The van der Waals surface area contributed by atoms with Crippen LogP contribution in [0.2, 0.25) is 0 Å². The van der Waals surface area contributed by atoms with E-state index in [0.717, 1.165) is 51.6 Å². The topological polar surface area (TPSA) is 55.2 Å². The summed E-state index contributed by atoms with van der Waals surface area (Å²) < 4.78 is 7.24. The van der Waals surface area contributed by atoms with Crippen molar-refractivity contribution in [2.45, 2.75) is 32.9 Å². The number of rotatable bonds is 5. The quantitative estimate of drug-likeness (QED) is 0.785. The molecule has 0 unspecified atom stereocenters. The summed E-state index contributed by atoms with van der Waals surface area (Å²) >= 11 is 0. The van der Waals surface area contributed by atoms with Crippen LogP contribution in [-0.4, -0.2) is 59.3 Å². The fourth-order valence-electron chi connectivity index (χ4n) is 1.99. The smallest absolute Gasteiger partial charge is 0.0965 e. The number of nitrogens with one attached hydrogen (secondary N) is 1. The van der Waals surface area contributed by atoms with Crippen molar-refractivity contribution < 1.29 is 4.74 Å². The molecule has 1 saturated heterocycles. The highest BCUT2D eigenvalue weighted by Gasteiger charge is 2.15. The van der Waals surface area contributed by atoms with E-state index in [1.165, 1.54) is 0 Å². The maximum absolute atomic E-state index is 5.33. The second kappa shape index (κ2) is 6.45. The first-order chi connectivity index (χ1) is 9.05. The standard InChI is InChI=1S/C13H25N5O/c1-13(2,3)18-11-12(15-16-18)10-14-4-5-17-6-8-19-9-7-17/h11,14H,4-10H2,1-3H3. The van der Waals surface area contributed by atoms with E-state index in [0.29, 0.717) is 0 Å². The zero-order valence-electron chi connectivity index (χ0n) is 12.2. The van der Waals surface area contributed by atoms with Crippen LogP contribution in [0.5, 0.6) is 0 Å². The van der Waals surface area contributed by atoms with E-state index >= 15 is 0 Å². The number of ether oxygens (including phenoxy) is 1. The molecule has 0 amide bonds. The van der Waals surface area contributed by atoms with Crippen LogP contribution >= 0.6 is 0 Å². The first kappa shape index (κ1) is 14.4. The molecular weight excluding hydrogens is 242 g/mol. The maximum Gasteiger partial charge on any atom is 0.0965 e. The molecule has 108 valence electrons. The lowest BCUT2D eigenvalue weighted by Gasteiger charge is -2.26. The summed E-state index contributed by atoms with van der Waals surface area (Å²) in [5, 5.41) is 11.8. The molecule has 0 atom stereocenters. The summed E-state index contributed by atoms with van der Waals surface area (Å²) in [4.78, 5) is 2.42. The molecule has 1 aliphatic heterocycles. The third kappa shape index (κ3) is 4.56. The van der Waals surface area contributed by atoms with Gasteiger partial charge in [-0.15, -0.1) is 5.10 Å². The van der Waals surface area contributed by atoms with Gasteiger partial charge in [-0.1, -0.05) is 5.21 Å². The third-order valence-electron chi connectivity index (χ3n) is 3.24. The van der Waals surface area contributed by atoms with Crippen LogP contribution in [0.1, 0.15) is 26.5 Å². The summed E-state index contributed by atoms with van der Waals surface area (Å²) in [6.45, 7) is 13.0. The summed E-state index contributed by atoms with van der Waals surface area (Å²) in [7, 11) is 0. The van der Waals surface area contributed by atoms with Gasteiger partial charge in [0, 0.05) is 32.7 Å². The minimum Gasteiger partial charge on any atom is -0.379 e. The summed E-state index contributed by atoms with van der Waals surface area (Å²) in [6, 6.07) is 0. The average molecular weight is 267 g/mol. The zero-order chi connectivity index (χ0) is 13.7. The first-order valence-electron chi connectivity index (χ1n) is 6.98. The predicted molar refractivity (Wildman–Crippen MR) is 74.0 cm³/mol. The highest BCUT2D eigenvalue weighted by molar-refractivity contribution is 4.94. The van der Waals surface area contributed by atoms with Gasteiger partial charge in [-0.05, 0) is 20.8 Å². The lowest BCUT2D eigenvalue weighted by atomic mass is 10.1. The van der Waals surface area contributed by atoms with Gasteiger partial charge in [-0.25, -0.2) is 4.68 Å². The number of morpholine rings is 1. The molecule has 1 N–H and O–H groups in total. The summed E-state index contributed by atoms with van der Waals surface area (Å²) in [6.07, 6.45) is 2.02. The number of aromatic nitrogens is 3. The Morgan fingerprint density at radius 1 is 1.32 bits per heavy atom. The molecule has 0 bridgehead atoms. The van der Waals surface area contributed by atoms with Crippen LogP contribution in [0.3, 0.4) is 0 Å². The fraction of sp³-hybridized carbons (Fsp3) is 0.846. The molecule has 1 aromatic heterocycles. The normalized spacial score (nSPS) is 17.8. The largest absolute Gasteiger partial charge is 0.379 e. The second-order valence-corrected chi connectivity index (χ2v) is 5.96. The van der Waals surface area contributed by atoms with Gasteiger partial charge < -0.3 is 10.1 Å². The van der Waals surface area contributed by atoms with Gasteiger partial charge in [-0.2, -0.15) is 0 Å². The van der Waals surface area contributed by atoms with Crippen molar-refractivity contribution in [2.24, 2.45) is 0 Å². The van der Waals surface area contributed by atoms with E-state index in [1.54, 1.807) is 0 Å². The number of hydrogen-bond acceptors (Lipinski definition) is 5. The van der Waals surface area contributed by atoms with E-state index in [4.69, 9.17) is 4.74 Å². The minimum atomic E-state index is -0.000941. The molecule has 1 aliphatic rings. The Balaban J connectivity index is 1.66. The average Bonchev–Trinajstić information content (AvgIpc) is 2.85. The van der Waals surface area contributed by atoms with Crippen molar-refractivity contribution >= 4 is 0 Å². The van der Waals surface area contributed by atoms with Gasteiger partial charge in [0.25, 0.3) is 0 Å². The Kier molecular flexibility index (Phi) is 4.90. The molecule has 0 radical (unpaired) electrons. The van der Waals surface area contributed by atoms with E-state index in [2.05, 4.69) is 41.3 Å². The van der Waals surface area contributed by atoms with Gasteiger partial charge >= 0.3 is 0 Å². The van der Waals surface area contributed by atoms with E-state index in [-0.39, 0.29) is 5.54 Å². The van der Waals surface area contributed by atoms with Crippen LogP contribution in [0.4, 0.5) is 0 Å². The molecule has 19 heavy (non-hydrogen) atoms.